The SMILES string of the molecule is CC(C)(CCOc1c(Cl)cc([N+](=O)[O-])cc1Cl)C(=N)N. The number of nitrogens with zero attached hydrogens (tertiary/aromatic N) is 1. The summed E-state index contributed by atoms with van der Waals surface area (Å²) < 4.78 is 5.45. The van der Waals surface area contributed by atoms with E-state index in [2.05, 4.69) is 0 Å². The first kappa shape index (κ1) is 16.5. The number of hydrogen-bond donors (Lipinski definition) is 2. The van der Waals surface area contributed by atoms with Crippen molar-refractivity contribution < 1.29 is 9.66 Å². The fourth-order valence-electron chi connectivity index (χ4n) is 1.33. The van der Waals surface area contributed by atoms with Crippen LogP contribution in [0.3, 0.4) is 0 Å². The van der Waals surface area contributed by atoms with E-state index in [0.29, 0.717) is 6.42 Å². The molecule has 0 heterocycles. The molecule has 0 radical (unpaired) electrons. The standard InChI is InChI=1S/C12H15Cl2N3O3/c1-12(2,11(15)16)3-4-20-10-8(13)5-7(17(18)19)6-9(10)14/h5-6H,3-4H2,1-2H3,(H3,15,16). The number of amidine groups is 1. The summed E-state index contributed by atoms with van der Waals surface area (Å²) in [5.74, 6) is 0.250. The third kappa shape index (κ3) is 3.98. The molecule has 0 fully saturated rings. The molecule has 8 heteroatoms. The number of ether oxygens (including phenoxy) is 1. The van der Waals surface area contributed by atoms with E-state index in [1.165, 1.54) is 12.1 Å². The molecule has 0 amide bonds. The van der Waals surface area contributed by atoms with Crippen molar-refractivity contribution in [3.8, 4) is 5.75 Å². The predicted molar refractivity (Wildman–Crippen MR) is 78.9 cm³/mol. The quantitative estimate of drug-likeness (QED) is 0.361. The van der Waals surface area contributed by atoms with E-state index in [1.807, 2.05) is 13.8 Å². The normalized spacial score (nSPS) is 11.2. The largest absolute Gasteiger partial charge is 0.490 e. The number of non-ortho nitro benzene ring substituents is 1. The Kier molecular flexibility index (Phi) is 5.19. The molecule has 0 saturated carbocycles. The van der Waals surface area contributed by atoms with Crippen LogP contribution in [0.2, 0.25) is 10.0 Å². The Hall–Kier alpha value is -1.53. The van der Waals surface area contributed by atoms with Gasteiger partial charge in [0.05, 0.1) is 27.4 Å². The van der Waals surface area contributed by atoms with Crippen LogP contribution in [0.1, 0.15) is 20.3 Å². The molecular weight excluding hydrogens is 305 g/mol. The molecule has 3 N–H and O–H groups in total. The molecule has 0 saturated heterocycles. The fourth-order valence-corrected chi connectivity index (χ4v) is 1.92. The lowest BCUT2D eigenvalue weighted by atomic mass is 9.88. The third-order valence-corrected chi connectivity index (χ3v) is 3.46. The van der Waals surface area contributed by atoms with Crippen LogP contribution < -0.4 is 10.5 Å². The van der Waals surface area contributed by atoms with Gasteiger partial charge in [-0.15, -0.1) is 0 Å². The summed E-state index contributed by atoms with van der Waals surface area (Å²) in [7, 11) is 0. The van der Waals surface area contributed by atoms with Crippen molar-refractivity contribution in [1.29, 1.82) is 5.41 Å². The van der Waals surface area contributed by atoms with E-state index in [-0.39, 0.29) is 33.9 Å². The minimum Gasteiger partial charge on any atom is -0.490 e. The second-order valence-electron chi connectivity index (χ2n) is 4.89. The monoisotopic (exact) mass is 319 g/mol. The summed E-state index contributed by atoms with van der Waals surface area (Å²) in [4.78, 5) is 10.1. The minimum atomic E-state index is -0.583. The molecule has 20 heavy (non-hydrogen) atoms. The summed E-state index contributed by atoms with van der Waals surface area (Å²) in [6, 6.07) is 2.36. The molecule has 1 aromatic rings. The van der Waals surface area contributed by atoms with Crippen LogP contribution in [0.5, 0.6) is 5.75 Å². The molecule has 0 aliphatic rings. The molecule has 6 nitrogen and oxygen atoms in total. The predicted octanol–water partition coefficient (Wildman–Crippen LogP) is 3.63. The van der Waals surface area contributed by atoms with Crippen molar-refractivity contribution >= 4 is 34.7 Å². The van der Waals surface area contributed by atoms with Crippen molar-refractivity contribution in [3.63, 3.8) is 0 Å². The van der Waals surface area contributed by atoms with Gasteiger partial charge in [-0.05, 0) is 6.42 Å². The molecule has 0 atom stereocenters. The third-order valence-electron chi connectivity index (χ3n) is 2.90. The maximum Gasteiger partial charge on any atom is 0.272 e. The smallest absolute Gasteiger partial charge is 0.272 e. The second-order valence-corrected chi connectivity index (χ2v) is 5.71. The highest BCUT2D eigenvalue weighted by molar-refractivity contribution is 6.37. The first-order valence-corrected chi connectivity index (χ1v) is 6.51. The number of nitro groups is 1. The number of nitrogens with two attached hydrogens (primary N) is 1. The number of nitro benzene ring substituents is 1. The Bertz CT molecular complexity index is 524. The minimum absolute atomic E-state index is 0.0574. The molecule has 110 valence electrons. The van der Waals surface area contributed by atoms with E-state index in [9.17, 15) is 10.1 Å². The molecule has 1 rings (SSSR count). The van der Waals surface area contributed by atoms with Crippen molar-refractivity contribution in [3.05, 3.63) is 32.3 Å². The van der Waals surface area contributed by atoms with Crippen molar-refractivity contribution in [2.24, 2.45) is 11.1 Å². The van der Waals surface area contributed by atoms with Crippen LogP contribution in [0, 0.1) is 20.9 Å². The van der Waals surface area contributed by atoms with Gasteiger partial charge in [0, 0.05) is 17.5 Å². The Morgan fingerprint density at radius 2 is 1.95 bits per heavy atom. The summed E-state index contributed by atoms with van der Waals surface area (Å²) in [5, 5.41) is 18.2. The molecule has 0 bridgehead atoms. The highest BCUT2D eigenvalue weighted by atomic mass is 35.5. The topological polar surface area (TPSA) is 102 Å². The zero-order valence-corrected chi connectivity index (χ0v) is 12.6. The maximum absolute atomic E-state index is 10.6. The van der Waals surface area contributed by atoms with Crippen molar-refractivity contribution in [2.45, 2.75) is 20.3 Å². The van der Waals surface area contributed by atoms with Gasteiger partial charge in [-0.3, -0.25) is 15.5 Å². The van der Waals surface area contributed by atoms with Gasteiger partial charge in [-0.1, -0.05) is 37.0 Å². The van der Waals surface area contributed by atoms with Crippen molar-refractivity contribution in [1.82, 2.24) is 0 Å². The molecule has 0 unspecified atom stereocenters. The highest BCUT2D eigenvalue weighted by Gasteiger charge is 2.22. The van der Waals surface area contributed by atoms with Gasteiger partial charge in [0.15, 0.2) is 5.75 Å². The van der Waals surface area contributed by atoms with Gasteiger partial charge in [0.1, 0.15) is 0 Å². The van der Waals surface area contributed by atoms with Crippen LogP contribution in [-0.4, -0.2) is 17.4 Å². The Morgan fingerprint density at radius 3 is 2.35 bits per heavy atom. The van der Waals surface area contributed by atoms with Gasteiger partial charge in [0.2, 0.25) is 0 Å². The number of nitrogens with one attached hydrogen (secondary N) is 1. The lowest BCUT2D eigenvalue weighted by molar-refractivity contribution is -0.384. The van der Waals surface area contributed by atoms with Crippen LogP contribution in [0.25, 0.3) is 0 Å². The number of benzene rings is 1. The summed E-state index contributed by atoms with van der Waals surface area (Å²) in [5.41, 5.74) is 4.77. The average Bonchev–Trinajstić information content (AvgIpc) is 2.31. The van der Waals surface area contributed by atoms with Crippen LogP contribution >= 0.6 is 23.2 Å². The molecule has 0 aliphatic carbocycles. The molecule has 1 aromatic carbocycles. The Labute approximate surface area is 126 Å². The zero-order chi connectivity index (χ0) is 15.5. The molecule has 0 aromatic heterocycles. The highest BCUT2D eigenvalue weighted by Crippen LogP contribution is 2.37. The van der Waals surface area contributed by atoms with Gasteiger partial charge >= 0.3 is 0 Å². The first-order valence-electron chi connectivity index (χ1n) is 5.76. The lowest BCUT2D eigenvalue weighted by Gasteiger charge is -2.23. The first-order chi connectivity index (χ1) is 9.15. The van der Waals surface area contributed by atoms with Gasteiger partial charge < -0.3 is 10.5 Å². The lowest BCUT2D eigenvalue weighted by Crippen LogP contribution is -2.32. The van der Waals surface area contributed by atoms with E-state index in [4.69, 9.17) is 39.1 Å². The van der Waals surface area contributed by atoms with E-state index >= 15 is 0 Å². The Balaban J connectivity index is 2.80. The fraction of sp³-hybridized carbons (Fsp3) is 0.417. The van der Waals surface area contributed by atoms with E-state index < -0.39 is 10.3 Å². The number of halogens is 2. The summed E-state index contributed by atoms with van der Waals surface area (Å²) >= 11 is 11.8. The maximum atomic E-state index is 10.6. The molecule has 0 spiro atoms. The van der Waals surface area contributed by atoms with Crippen LogP contribution in [0.4, 0.5) is 5.69 Å². The van der Waals surface area contributed by atoms with Gasteiger partial charge in [-0.25, -0.2) is 0 Å². The molecule has 0 aliphatic heterocycles. The van der Waals surface area contributed by atoms with Gasteiger partial charge in [0.25, 0.3) is 5.69 Å². The summed E-state index contributed by atoms with van der Waals surface area (Å²) in [6.07, 6.45) is 0.492. The second kappa shape index (κ2) is 6.28. The van der Waals surface area contributed by atoms with E-state index in [0.717, 1.165) is 0 Å². The number of rotatable bonds is 6. The molecular formula is C12H15Cl2N3O3. The van der Waals surface area contributed by atoms with Crippen molar-refractivity contribution in [2.75, 3.05) is 6.61 Å². The van der Waals surface area contributed by atoms with E-state index in [1.54, 1.807) is 0 Å². The number of hydrogen-bond acceptors (Lipinski definition) is 4. The van der Waals surface area contributed by atoms with Gasteiger partial charge in [-0.2, -0.15) is 0 Å². The Morgan fingerprint density at radius 1 is 1.45 bits per heavy atom. The summed E-state index contributed by atoms with van der Waals surface area (Å²) in [6.45, 7) is 3.87. The average molecular weight is 320 g/mol. The zero-order valence-electron chi connectivity index (χ0n) is 11.1. The van der Waals surface area contributed by atoms with Crippen LogP contribution in [-0.2, 0) is 0 Å². The van der Waals surface area contributed by atoms with Crippen LogP contribution in [0.15, 0.2) is 12.1 Å².